The maximum Gasteiger partial charge on any atom is 0.416 e. The van der Waals surface area contributed by atoms with E-state index in [0.29, 0.717) is 34.8 Å². The summed E-state index contributed by atoms with van der Waals surface area (Å²) in [5.74, 6) is 0.558. The van der Waals surface area contributed by atoms with Gasteiger partial charge in [-0.3, -0.25) is 4.68 Å². The summed E-state index contributed by atoms with van der Waals surface area (Å²) in [5.41, 5.74) is 0.626. The van der Waals surface area contributed by atoms with Crippen molar-refractivity contribution in [3.8, 4) is 17.0 Å². The van der Waals surface area contributed by atoms with Gasteiger partial charge in [0.25, 0.3) is 0 Å². The van der Waals surface area contributed by atoms with E-state index in [9.17, 15) is 18.3 Å². The lowest BCUT2D eigenvalue weighted by molar-refractivity contribution is -0.137. The minimum atomic E-state index is -4.51. The Balaban J connectivity index is 1.54. The van der Waals surface area contributed by atoms with E-state index in [4.69, 9.17) is 4.74 Å². The topological polar surface area (TPSA) is 60.2 Å². The molecule has 3 heterocycles. The number of hydrogen-bond donors (Lipinski definition) is 1. The van der Waals surface area contributed by atoms with Crippen LogP contribution in [0.15, 0.2) is 30.5 Å². The fraction of sp³-hybridized carbons (Fsp3) is 0.368. The molecule has 1 aliphatic carbocycles. The summed E-state index contributed by atoms with van der Waals surface area (Å²) in [7, 11) is 0. The largest absolute Gasteiger partial charge is 0.507 e. The van der Waals surface area contributed by atoms with Gasteiger partial charge in [0, 0.05) is 29.0 Å². The normalized spacial score (nSPS) is 24.4. The number of nitrogens with zero attached hydrogens (tertiary/aromatic N) is 3. The molecule has 27 heavy (non-hydrogen) atoms. The first-order chi connectivity index (χ1) is 12.8. The van der Waals surface area contributed by atoms with Crippen LogP contribution < -0.4 is 0 Å². The van der Waals surface area contributed by atoms with Crippen LogP contribution in [0.4, 0.5) is 13.2 Å². The summed E-state index contributed by atoms with van der Waals surface area (Å²) in [4.78, 5) is 4.48. The van der Waals surface area contributed by atoms with Crippen LogP contribution in [0.1, 0.15) is 17.2 Å². The van der Waals surface area contributed by atoms with Gasteiger partial charge in [-0.05, 0) is 36.8 Å². The lowest BCUT2D eigenvalue weighted by atomic mass is 10.00. The van der Waals surface area contributed by atoms with Crippen molar-refractivity contribution in [2.75, 3.05) is 13.2 Å². The number of halogens is 3. The van der Waals surface area contributed by atoms with Gasteiger partial charge >= 0.3 is 6.18 Å². The molecule has 2 aliphatic rings. The van der Waals surface area contributed by atoms with E-state index in [-0.39, 0.29) is 5.56 Å². The fourth-order valence-electron chi connectivity index (χ4n) is 4.08. The Morgan fingerprint density at radius 1 is 1.19 bits per heavy atom. The van der Waals surface area contributed by atoms with Crippen molar-refractivity contribution in [1.82, 2.24) is 14.8 Å². The van der Waals surface area contributed by atoms with Crippen LogP contribution in [0.25, 0.3) is 22.3 Å². The molecule has 2 unspecified atom stereocenters. The summed E-state index contributed by atoms with van der Waals surface area (Å²) < 4.78 is 46.1. The van der Waals surface area contributed by atoms with Gasteiger partial charge in [0.2, 0.25) is 0 Å². The Morgan fingerprint density at radius 3 is 2.59 bits per heavy atom. The predicted molar refractivity (Wildman–Crippen MR) is 91.2 cm³/mol. The third-order valence-electron chi connectivity index (χ3n) is 5.50. The summed E-state index contributed by atoms with van der Waals surface area (Å²) >= 11 is 0. The number of rotatable bonds is 2. The van der Waals surface area contributed by atoms with Gasteiger partial charge in [-0.1, -0.05) is 0 Å². The van der Waals surface area contributed by atoms with Crippen molar-refractivity contribution in [3.05, 3.63) is 41.6 Å². The quantitative estimate of drug-likeness (QED) is 0.737. The van der Waals surface area contributed by atoms with Gasteiger partial charge in [-0.2, -0.15) is 18.3 Å². The molecule has 3 aromatic rings. The van der Waals surface area contributed by atoms with Gasteiger partial charge in [0.15, 0.2) is 5.65 Å². The number of aryl methyl sites for hydroxylation is 1. The Hall–Kier alpha value is -2.61. The summed E-state index contributed by atoms with van der Waals surface area (Å²) in [5, 5.41) is 15.6. The summed E-state index contributed by atoms with van der Waals surface area (Å²) in [6.45, 7) is 3.03. The van der Waals surface area contributed by atoms with Gasteiger partial charge < -0.3 is 9.84 Å². The van der Waals surface area contributed by atoms with E-state index in [1.165, 1.54) is 6.92 Å². The van der Waals surface area contributed by atoms with Gasteiger partial charge in [0.05, 0.1) is 30.5 Å². The van der Waals surface area contributed by atoms with Crippen molar-refractivity contribution < 1.29 is 23.0 Å². The standard InChI is InChI=1S/C19H16F3N3O2/c1-9-4-11(19(20,21)22)5-15(26)16(9)14-3-2-10-6-25(24-18(10)23-14)17-12-7-27-8-13(12)17/h2-6,12-13,17,26H,7-8H2,1H3/t12-,13?,17?/m1/s1. The SMILES string of the molecule is Cc1cc(C(F)(F)F)cc(O)c1-c1ccc2cn(C3C4COC[C@H]43)nc2n1. The highest BCUT2D eigenvalue weighted by Gasteiger charge is 2.55. The average molecular weight is 375 g/mol. The van der Waals surface area contributed by atoms with Gasteiger partial charge in [-0.15, -0.1) is 0 Å². The molecule has 1 aromatic carbocycles. The van der Waals surface area contributed by atoms with Crippen LogP contribution in [0.3, 0.4) is 0 Å². The molecule has 5 nitrogen and oxygen atoms in total. The molecule has 3 atom stereocenters. The molecule has 1 saturated heterocycles. The number of alkyl halides is 3. The molecule has 0 spiro atoms. The van der Waals surface area contributed by atoms with Crippen molar-refractivity contribution in [2.45, 2.75) is 19.1 Å². The number of hydrogen-bond acceptors (Lipinski definition) is 4. The van der Waals surface area contributed by atoms with Crippen LogP contribution in [-0.2, 0) is 10.9 Å². The third kappa shape index (κ3) is 2.58. The number of aromatic nitrogens is 3. The number of ether oxygens (including phenoxy) is 1. The Morgan fingerprint density at radius 2 is 1.93 bits per heavy atom. The molecule has 5 rings (SSSR count). The number of phenolic OH excluding ortho intramolecular Hbond substituents is 1. The van der Waals surface area contributed by atoms with E-state index < -0.39 is 17.5 Å². The van der Waals surface area contributed by atoms with Crippen LogP contribution in [0.5, 0.6) is 5.75 Å². The number of benzene rings is 1. The summed E-state index contributed by atoms with van der Waals surface area (Å²) in [6, 6.07) is 5.60. The van der Waals surface area contributed by atoms with E-state index in [1.54, 1.807) is 6.07 Å². The zero-order valence-corrected chi connectivity index (χ0v) is 14.4. The highest BCUT2D eigenvalue weighted by molar-refractivity contribution is 5.80. The second-order valence-electron chi connectivity index (χ2n) is 7.26. The van der Waals surface area contributed by atoms with Crippen LogP contribution in [0, 0.1) is 18.8 Å². The Kier molecular flexibility index (Phi) is 3.34. The molecule has 8 heteroatoms. The minimum Gasteiger partial charge on any atom is -0.507 e. The molecular formula is C19H16F3N3O2. The van der Waals surface area contributed by atoms with Gasteiger partial charge in [-0.25, -0.2) is 4.98 Å². The molecule has 2 fully saturated rings. The van der Waals surface area contributed by atoms with Crippen molar-refractivity contribution in [1.29, 1.82) is 0 Å². The Bertz CT molecular complexity index is 1030. The Labute approximate surface area is 152 Å². The number of aromatic hydroxyl groups is 1. The second-order valence-corrected chi connectivity index (χ2v) is 7.26. The number of phenols is 1. The van der Waals surface area contributed by atoms with E-state index >= 15 is 0 Å². The lowest BCUT2D eigenvalue weighted by Gasteiger charge is -2.13. The first kappa shape index (κ1) is 16.6. The predicted octanol–water partition coefficient (Wildman–Crippen LogP) is 3.95. The molecule has 140 valence electrons. The second kappa shape index (κ2) is 5.45. The minimum absolute atomic E-state index is 0.288. The lowest BCUT2D eigenvalue weighted by Crippen LogP contribution is -2.06. The van der Waals surface area contributed by atoms with E-state index in [1.807, 2.05) is 16.9 Å². The molecule has 0 amide bonds. The maximum atomic E-state index is 12.9. The molecule has 1 N–H and O–H groups in total. The van der Waals surface area contributed by atoms with E-state index in [2.05, 4.69) is 10.1 Å². The summed E-state index contributed by atoms with van der Waals surface area (Å²) in [6.07, 6.45) is -2.57. The van der Waals surface area contributed by atoms with Crippen LogP contribution >= 0.6 is 0 Å². The molecule has 2 aromatic heterocycles. The molecule has 1 aliphatic heterocycles. The number of pyridine rings is 1. The maximum absolute atomic E-state index is 12.9. The zero-order chi connectivity index (χ0) is 18.9. The van der Waals surface area contributed by atoms with Crippen LogP contribution in [0.2, 0.25) is 0 Å². The molecule has 0 bridgehead atoms. The monoisotopic (exact) mass is 375 g/mol. The highest BCUT2D eigenvalue weighted by Crippen LogP contribution is 2.54. The van der Waals surface area contributed by atoms with E-state index in [0.717, 1.165) is 30.7 Å². The fourth-order valence-corrected chi connectivity index (χ4v) is 4.08. The van der Waals surface area contributed by atoms with Crippen LogP contribution in [-0.4, -0.2) is 33.1 Å². The van der Waals surface area contributed by atoms with Crippen molar-refractivity contribution in [2.24, 2.45) is 11.8 Å². The van der Waals surface area contributed by atoms with Crippen molar-refractivity contribution >= 4 is 11.0 Å². The van der Waals surface area contributed by atoms with Gasteiger partial charge in [0.1, 0.15) is 5.75 Å². The molecule has 0 radical (unpaired) electrons. The smallest absolute Gasteiger partial charge is 0.416 e. The third-order valence-corrected chi connectivity index (χ3v) is 5.50. The number of fused-ring (bicyclic) bond motifs is 2. The molecular weight excluding hydrogens is 359 g/mol. The zero-order valence-electron chi connectivity index (χ0n) is 14.4. The first-order valence-corrected chi connectivity index (χ1v) is 8.68. The average Bonchev–Trinajstić information content (AvgIpc) is 2.96. The first-order valence-electron chi connectivity index (χ1n) is 8.68. The van der Waals surface area contributed by atoms with Crippen molar-refractivity contribution in [3.63, 3.8) is 0 Å². The highest BCUT2D eigenvalue weighted by atomic mass is 19.4. The molecule has 1 saturated carbocycles.